The molecule has 0 aliphatic heterocycles. The summed E-state index contributed by atoms with van der Waals surface area (Å²) < 4.78 is 0. The maximum Gasteiger partial charge on any atom is 0.142 e. The van der Waals surface area contributed by atoms with E-state index >= 15 is 0 Å². The van der Waals surface area contributed by atoms with Crippen LogP contribution in [-0.4, -0.2) is 5.11 Å². The fourth-order valence-electron chi connectivity index (χ4n) is 1.50. The molecule has 0 spiro atoms. The fraction of sp³-hybridized carbons (Fsp3) is 0. The molecular weight excluding hydrogens is 337 g/mol. The molecule has 6 heteroatoms. The molecule has 0 aromatic heterocycles. The summed E-state index contributed by atoms with van der Waals surface area (Å²) in [6.45, 7) is 0. The normalized spacial score (nSPS) is 10.7. The molecule has 0 saturated carbocycles. The first-order chi connectivity index (χ1) is 8.43. The molecule has 0 radical (unpaired) electrons. The highest BCUT2D eigenvalue weighted by molar-refractivity contribution is 6.52. The number of phenols is 1. The van der Waals surface area contributed by atoms with E-state index in [1.54, 1.807) is 18.2 Å². The summed E-state index contributed by atoms with van der Waals surface area (Å²) in [5.74, 6) is -0.0875. The van der Waals surface area contributed by atoms with Crippen molar-refractivity contribution in [1.82, 2.24) is 0 Å². The Kier molecular flexibility index (Phi) is 4.20. The lowest BCUT2D eigenvalue weighted by atomic mass is 10.0. The molecule has 0 unspecified atom stereocenters. The number of benzene rings is 2. The highest BCUT2D eigenvalue weighted by Crippen LogP contribution is 2.45. The number of para-hydroxylation sites is 1. The van der Waals surface area contributed by atoms with Gasteiger partial charge in [0.05, 0.1) is 25.1 Å². The van der Waals surface area contributed by atoms with Gasteiger partial charge in [-0.3, -0.25) is 0 Å². The number of aromatic hydroxyl groups is 1. The fourth-order valence-corrected chi connectivity index (χ4v) is 2.58. The van der Waals surface area contributed by atoms with E-state index in [0.717, 1.165) is 0 Å². The first-order valence-corrected chi connectivity index (χ1v) is 6.63. The van der Waals surface area contributed by atoms with Crippen LogP contribution in [0.2, 0.25) is 25.1 Å². The van der Waals surface area contributed by atoms with Crippen LogP contribution in [0, 0.1) is 0 Å². The van der Waals surface area contributed by atoms with Gasteiger partial charge in [-0.25, -0.2) is 0 Å². The molecule has 1 N–H and O–H groups in total. The van der Waals surface area contributed by atoms with E-state index in [1.807, 2.05) is 0 Å². The van der Waals surface area contributed by atoms with Crippen molar-refractivity contribution in [2.45, 2.75) is 0 Å². The van der Waals surface area contributed by atoms with Crippen LogP contribution in [0.5, 0.6) is 5.75 Å². The van der Waals surface area contributed by atoms with Gasteiger partial charge >= 0.3 is 0 Å². The lowest BCUT2D eigenvalue weighted by Gasteiger charge is -2.11. The molecular formula is C12H5Cl5O. The monoisotopic (exact) mass is 340 g/mol. The van der Waals surface area contributed by atoms with Crippen LogP contribution >= 0.6 is 58.0 Å². The molecule has 0 bridgehead atoms. The Balaban J connectivity index is 2.76. The van der Waals surface area contributed by atoms with Gasteiger partial charge in [0.25, 0.3) is 0 Å². The second-order valence-electron chi connectivity index (χ2n) is 3.48. The van der Waals surface area contributed by atoms with E-state index in [-0.39, 0.29) is 30.9 Å². The van der Waals surface area contributed by atoms with Crippen molar-refractivity contribution in [3.05, 3.63) is 49.4 Å². The Morgan fingerprint density at radius 2 is 1.39 bits per heavy atom. The topological polar surface area (TPSA) is 20.2 Å². The summed E-state index contributed by atoms with van der Waals surface area (Å²) in [5, 5.41) is 10.9. The highest BCUT2D eigenvalue weighted by atomic mass is 35.5. The Labute approximate surface area is 129 Å². The van der Waals surface area contributed by atoms with Crippen molar-refractivity contribution in [2.24, 2.45) is 0 Å². The molecule has 1 nitrogen and oxygen atoms in total. The third kappa shape index (κ3) is 2.38. The van der Waals surface area contributed by atoms with Crippen molar-refractivity contribution in [2.75, 3.05) is 0 Å². The molecule has 94 valence electrons. The van der Waals surface area contributed by atoms with Gasteiger partial charge in [-0.1, -0.05) is 70.1 Å². The minimum absolute atomic E-state index is 0.0875. The zero-order valence-corrected chi connectivity index (χ0v) is 12.4. The maximum atomic E-state index is 9.92. The average Bonchev–Trinajstić information content (AvgIpc) is 2.35. The molecule has 0 saturated heterocycles. The number of hydrogen-bond acceptors (Lipinski definition) is 1. The lowest BCUT2D eigenvalue weighted by Crippen LogP contribution is -1.85. The largest absolute Gasteiger partial charge is 0.506 e. The first kappa shape index (κ1) is 14.1. The maximum absolute atomic E-state index is 9.92. The summed E-state index contributed by atoms with van der Waals surface area (Å²) in [7, 11) is 0. The van der Waals surface area contributed by atoms with E-state index in [4.69, 9.17) is 58.0 Å². The van der Waals surface area contributed by atoms with E-state index < -0.39 is 0 Å². The predicted octanol–water partition coefficient (Wildman–Crippen LogP) is 6.33. The van der Waals surface area contributed by atoms with Crippen LogP contribution in [0.3, 0.4) is 0 Å². The molecule has 0 aliphatic rings. The van der Waals surface area contributed by atoms with Gasteiger partial charge in [-0.15, -0.1) is 0 Å². The van der Waals surface area contributed by atoms with Gasteiger partial charge in [0.2, 0.25) is 0 Å². The summed E-state index contributed by atoms with van der Waals surface area (Å²) in [5.41, 5.74) is 0.907. The zero-order chi connectivity index (χ0) is 13.4. The SMILES string of the molecule is Oc1c(Cl)cccc1-c1cc(Cl)c(Cl)c(Cl)c1Cl. The van der Waals surface area contributed by atoms with Crippen LogP contribution in [0.1, 0.15) is 0 Å². The van der Waals surface area contributed by atoms with Crippen molar-refractivity contribution >= 4 is 58.0 Å². The minimum atomic E-state index is -0.0875. The van der Waals surface area contributed by atoms with Crippen LogP contribution in [0.4, 0.5) is 0 Å². The van der Waals surface area contributed by atoms with Crippen LogP contribution in [0.25, 0.3) is 11.1 Å². The minimum Gasteiger partial charge on any atom is -0.506 e. The average molecular weight is 342 g/mol. The van der Waals surface area contributed by atoms with E-state index in [9.17, 15) is 5.11 Å². The molecule has 18 heavy (non-hydrogen) atoms. The summed E-state index contributed by atoms with van der Waals surface area (Å²) in [6.07, 6.45) is 0. The Hall–Kier alpha value is -0.310. The summed E-state index contributed by atoms with van der Waals surface area (Å²) in [4.78, 5) is 0. The third-order valence-corrected chi connectivity index (χ3v) is 4.44. The number of halogens is 5. The Morgan fingerprint density at radius 3 is 2.06 bits per heavy atom. The molecule has 2 aromatic rings. The molecule has 0 heterocycles. The second-order valence-corrected chi connectivity index (χ2v) is 5.43. The van der Waals surface area contributed by atoms with E-state index in [2.05, 4.69) is 0 Å². The lowest BCUT2D eigenvalue weighted by molar-refractivity contribution is 0.477. The number of hydrogen-bond donors (Lipinski definition) is 1. The number of phenolic OH excluding ortho intramolecular Hbond substituents is 1. The molecule has 0 amide bonds. The molecule has 0 fully saturated rings. The van der Waals surface area contributed by atoms with Crippen LogP contribution < -0.4 is 0 Å². The predicted molar refractivity (Wildman–Crippen MR) is 78.6 cm³/mol. The van der Waals surface area contributed by atoms with Gasteiger partial charge in [0.1, 0.15) is 5.75 Å². The standard InChI is InChI=1S/C12H5Cl5O/c13-7-3-1-2-5(12(7)18)6-4-8(14)10(16)11(17)9(6)15/h1-4,18H. The van der Waals surface area contributed by atoms with Crippen molar-refractivity contribution in [1.29, 1.82) is 0 Å². The first-order valence-electron chi connectivity index (χ1n) is 4.74. The Bertz CT molecular complexity index is 624. The third-order valence-electron chi connectivity index (χ3n) is 2.38. The van der Waals surface area contributed by atoms with Gasteiger partial charge in [-0.05, 0) is 12.1 Å². The van der Waals surface area contributed by atoms with Gasteiger partial charge in [0.15, 0.2) is 0 Å². The summed E-state index contributed by atoms with van der Waals surface area (Å²) in [6, 6.07) is 6.43. The molecule has 0 aliphatic carbocycles. The van der Waals surface area contributed by atoms with Gasteiger partial charge in [0, 0.05) is 11.1 Å². The van der Waals surface area contributed by atoms with Crippen LogP contribution in [-0.2, 0) is 0 Å². The van der Waals surface area contributed by atoms with Crippen molar-refractivity contribution in [3.8, 4) is 16.9 Å². The van der Waals surface area contributed by atoms with Crippen LogP contribution in [0.15, 0.2) is 24.3 Å². The second kappa shape index (κ2) is 5.36. The smallest absolute Gasteiger partial charge is 0.142 e. The molecule has 2 rings (SSSR count). The molecule has 2 aromatic carbocycles. The van der Waals surface area contributed by atoms with E-state index in [1.165, 1.54) is 6.07 Å². The molecule has 0 atom stereocenters. The zero-order valence-electron chi connectivity index (χ0n) is 8.65. The quantitative estimate of drug-likeness (QED) is 0.474. The number of rotatable bonds is 1. The Morgan fingerprint density at radius 1 is 0.722 bits per heavy atom. The summed E-state index contributed by atoms with van der Waals surface area (Å²) >= 11 is 29.7. The van der Waals surface area contributed by atoms with Gasteiger partial charge < -0.3 is 5.11 Å². The van der Waals surface area contributed by atoms with Gasteiger partial charge in [-0.2, -0.15) is 0 Å². The van der Waals surface area contributed by atoms with Crippen molar-refractivity contribution < 1.29 is 5.11 Å². The highest BCUT2D eigenvalue weighted by Gasteiger charge is 2.17. The van der Waals surface area contributed by atoms with Crippen molar-refractivity contribution in [3.63, 3.8) is 0 Å². The van der Waals surface area contributed by atoms with E-state index in [0.29, 0.717) is 11.1 Å².